The van der Waals surface area contributed by atoms with Crippen molar-refractivity contribution in [2.45, 2.75) is 32.5 Å². The molecule has 0 aromatic carbocycles. The number of ether oxygens (including phenoxy) is 1. The van der Waals surface area contributed by atoms with E-state index < -0.39 is 23.6 Å². The molecule has 4 nitrogen and oxygen atoms in total. The number of alkyl carbamates (subject to hydrolysis) is 1. The van der Waals surface area contributed by atoms with E-state index >= 15 is 0 Å². The number of halogens is 3. The first kappa shape index (κ1) is 16.8. The van der Waals surface area contributed by atoms with Gasteiger partial charge in [0.15, 0.2) is 5.69 Å². The smallest absolute Gasteiger partial charge is 0.434 e. The van der Waals surface area contributed by atoms with Crippen molar-refractivity contribution >= 4 is 6.09 Å². The van der Waals surface area contributed by atoms with Gasteiger partial charge in [-0.2, -0.15) is 13.2 Å². The van der Waals surface area contributed by atoms with Crippen LogP contribution in [0.5, 0.6) is 0 Å². The lowest BCUT2D eigenvalue weighted by Crippen LogP contribution is -2.32. The molecular weight excluding hydrogens is 285 g/mol. The van der Waals surface area contributed by atoms with Gasteiger partial charge in [0.25, 0.3) is 0 Å². The molecule has 0 spiro atoms. The van der Waals surface area contributed by atoms with Crippen molar-refractivity contribution in [3.63, 3.8) is 0 Å². The highest BCUT2D eigenvalue weighted by atomic mass is 19.4. The van der Waals surface area contributed by atoms with Gasteiger partial charge in [0.05, 0.1) is 12.1 Å². The van der Waals surface area contributed by atoms with Gasteiger partial charge < -0.3 is 10.1 Å². The number of aromatic nitrogens is 1. The Balaban J connectivity index is 2.67. The highest BCUT2D eigenvalue weighted by molar-refractivity contribution is 5.68. The molecule has 0 aliphatic rings. The number of carbonyl (C=O) groups excluding carboxylic acids is 1. The number of rotatable bonds is 1. The Morgan fingerprint density at radius 2 is 2.05 bits per heavy atom. The summed E-state index contributed by atoms with van der Waals surface area (Å²) >= 11 is 0. The summed E-state index contributed by atoms with van der Waals surface area (Å²) in [4.78, 5) is 14.6. The highest BCUT2D eigenvalue weighted by Crippen LogP contribution is 2.29. The Labute approximate surface area is 120 Å². The lowest BCUT2D eigenvalue weighted by Gasteiger charge is -2.19. The van der Waals surface area contributed by atoms with Crippen molar-refractivity contribution in [3.05, 3.63) is 29.6 Å². The zero-order valence-electron chi connectivity index (χ0n) is 11.8. The van der Waals surface area contributed by atoms with Crippen molar-refractivity contribution in [2.24, 2.45) is 0 Å². The molecule has 0 aliphatic carbocycles. The van der Waals surface area contributed by atoms with Crippen molar-refractivity contribution in [1.29, 1.82) is 0 Å². The maximum Gasteiger partial charge on any atom is 0.434 e. The molecule has 0 saturated carbocycles. The van der Waals surface area contributed by atoms with E-state index in [2.05, 4.69) is 22.1 Å². The van der Waals surface area contributed by atoms with E-state index in [0.29, 0.717) is 0 Å². The molecule has 1 aromatic heterocycles. The summed E-state index contributed by atoms with van der Waals surface area (Å²) < 4.78 is 42.9. The Bertz CT molecular complexity index is 566. The Morgan fingerprint density at radius 1 is 1.38 bits per heavy atom. The normalized spacial score (nSPS) is 11.3. The van der Waals surface area contributed by atoms with E-state index in [1.807, 2.05) is 0 Å². The molecule has 1 aromatic rings. The number of amides is 1. The lowest BCUT2D eigenvalue weighted by molar-refractivity contribution is -0.141. The van der Waals surface area contributed by atoms with Gasteiger partial charge in [0.1, 0.15) is 5.60 Å². The van der Waals surface area contributed by atoms with E-state index in [1.54, 1.807) is 20.8 Å². The molecule has 0 unspecified atom stereocenters. The third-order valence-corrected chi connectivity index (χ3v) is 2.02. The van der Waals surface area contributed by atoms with Crippen molar-refractivity contribution in [1.82, 2.24) is 10.3 Å². The molecular formula is C14H15F3N2O2. The van der Waals surface area contributed by atoms with Crippen LogP contribution in [0.25, 0.3) is 0 Å². The van der Waals surface area contributed by atoms with Crippen LogP contribution in [-0.4, -0.2) is 23.2 Å². The van der Waals surface area contributed by atoms with Crippen molar-refractivity contribution in [2.75, 3.05) is 6.54 Å². The zero-order chi connectivity index (χ0) is 16.1. The number of carbonyl (C=O) groups is 1. The molecule has 1 N–H and O–H groups in total. The summed E-state index contributed by atoms with van der Waals surface area (Å²) in [6.07, 6.45) is -4.20. The van der Waals surface area contributed by atoms with Gasteiger partial charge in [-0.3, -0.25) is 4.98 Å². The summed E-state index contributed by atoms with van der Waals surface area (Å²) in [5, 5.41) is 2.33. The second-order valence-corrected chi connectivity index (χ2v) is 5.05. The first-order valence-electron chi connectivity index (χ1n) is 6.07. The molecule has 1 heterocycles. The van der Waals surface area contributed by atoms with Crippen LogP contribution in [0.4, 0.5) is 18.0 Å². The van der Waals surface area contributed by atoms with Gasteiger partial charge >= 0.3 is 12.3 Å². The second-order valence-electron chi connectivity index (χ2n) is 5.05. The van der Waals surface area contributed by atoms with Crippen molar-refractivity contribution < 1.29 is 22.7 Å². The second kappa shape index (κ2) is 6.48. The van der Waals surface area contributed by atoms with E-state index in [9.17, 15) is 18.0 Å². The molecule has 0 saturated heterocycles. The van der Waals surface area contributed by atoms with Gasteiger partial charge in [-0.1, -0.05) is 11.8 Å². The first-order valence-corrected chi connectivity index (χ1v) is 6.07. The average Bonchev–Trinajstić information content (AvgIpc) is 2.32. The summed E-state index contributed by atoms with van der Waals surface area (Å²) in [7, 11) is 0. The van der Waals surface area contributed by atoms with Crippen LogP contribution in [0.2, 0.25) is 0 Å². The van der Waals surface area contributed by atoms with Gasteiger partial charge in [0.2, 0.25) is 0 Å². The molecule has 0 atom stereocenters. The fraction of sp³-hybridized carbons (Fsp3) is 0.429. The predicted molar refractivity (Wildman–Crippen MR) is 70.4 cm³/mol. The van der Waals surface area contributed by atoms with E-state index in [1.165, 1.54) is 12.1 Å². The summed E-state index contributed by atoms with van der Waals surface area (Å²) in [5.74, 6) is 4.76. The molecule has 21 heavy (non-hydrogen) atoms. The van der Waals surface area contributed by atoms with Gasteiger partial charge in [-0.25, -0.2) is 4.79 Å². The van der Waals surface area contributed by atoms with Crippen LogP contribution >= 0.6 is 0 Å². The minimum Gasteiger partial charge on any atom is -0.444 e. The number of hydrogen-bond acceptors (Lipinski definition) is 3. The van der Waals surface area contributed by atoms with E-state index in [-0.39, 0.29) is 12.1 Å². The number of nitrogens with one attached hydrogen (secondary N) is 1. The number of alkyl halides is 3. The number of pyridine rings is 1. The van der Waals surface area contributed by atoms with E-state index in [4.69, 9.17) is 4.74 Å². The maximum atomic E-state index is 12.7. The van der Waals surface area contributed by atoms with Crippen LogP contribution < -0.4 is 5.32 Å². The topological polar surface area (TPSA) is 51.2 Å². The molecule has 0 radical (unpaired) electrons. The monoisotopic (exact) mass is 300 g/mol. The van der Waals surface area contributed by atoms with Crippen LogP contribution in [0, 0.1) is 11.8 Å². The molecule has 114 valence electrons. The Hall–Kier alpha value is -2.23. The van der Waals surface area contributed by atoms with Crippen LogP contribution in [-0.2, 0) is 10.9 Å². The standard InChI is InChI=1S/C14H15F3N2O2/c1-13(2,3)21-12(20)19-9-5-7-10-6-4-8-18-11(10)14(15,16)17/h4,6,8H,9H2,1-3H3,(H,19,20). The number of nitrogens with zero attached hydrogens (tertiary/aromatic N) is 1. The summed E-state index contributed by atoms with van der Waals surface area (Å²) in [6, 6.07) is 2.58. The lowest BCUT2D eigenvalue weighted by atomic mass is 10.2. The third kappa shape index (κ3) is 6.17. The van der Waals surface area contributed by atoms with Crippen LogP contribution in [0.15, 0.2) is 18.3 Å². The van der Waals surface area contributed by atoms with Gasteiger partial charge in [-0.15, -0.1) is 0 Å². The molecule has 0 fully saturated rings. The Kier molecular flexibility index (Phi) is 5.19. The third-order valence-electron chi connectivity index (χ3n) is 2.02. The van der Waals surface area contributed by atoms with E-state index in [0.717, 1.165) is 6.20 Å². The Morgan fingerprint density at radius 3 is 2.62 bits per heavy atom. The maximum absolute atomic E-state index is 12.7. The zero-order valence-corrected chi connectivity index (χ0v) is 11.8. The molecule has 0 aliphatic heterocycles. The SMILES string of the molecule is CC(C)(C)OC(=O)NCC#Cc1cccnc1C(F)(F)F. The predicted octanol–water partition coefficient (Wildman–Crippen LogP) is 2.98. The first-order chi connectivity index (χ1) is 9.59. The highest BCUT2D eigenvalue weighted by Gasteiger charge is 2.34. The summed E-state index contributed by atoms with van der Waals surface area (Å²) in [6.45, 7) is 4.97. The minimum atomic E-state index is -4.57. The van der Waals surface area contributed by atoms with Gasteiger partial charge in [0, 0.05) is 6.20 Å². The summed E-state index contributed by atoms with van der Waals surface area (Å²) in [5.41, 5.74) is -1.93. The average molecular weight is 300 g/mol. The molecule has 7 heteroatoms. The fourth-order valence-corrected chi connectivity index (χ4v) is 1.30. The van der Waals surface area contributed by atoms with Crippen LogP contribution in [0.3, 0.4) is 0 Å². The van der Waals surface area contributed by atoms with Crippen LogP contribution in [0.1, 0.15) is 32.0 Å². The minimum absolute atomic E-state index is 0.124. The fourth-order valence-electron chi connectivity index (χ4n) is 1.30. The largest absolute Gasteiger partial charge is 0.444 e. The quantitative estimate of drug-likeness (QED) is 0.811. The molecule has 0 bridgehead atoms. The molecule has 1 amide bonds. The van der Waals surface area contributed by atoms with Gasteiger partial charge in [-0.05, 0) is 32.9 Å². The van der Waals surface area contributed by atoms with Crippen molar-refractivity contribution in [3.8, 4) is 11.8 Å². The number of hydrogen-bond donors (Lipinski definition) is 1. The molecule has 1 rings (SSSR count).